The van der Waals surface area contributed by atoms with Gasteiger partial charge in [0.2, 0.25) is 0 Å². The first kappa shape index (κ1) is 12.6. The number of aromatic nitrogens is 1. The highest BCUT2D eigenvalue weighted by molar-refractivity contribution is 5.76. The molecule has 0 amide bonds. The Morgan fingerprint density at radius 1 is 1.69 bits per heavy atom. The maximum atomic E-state index is 11.3. The minimum absolute atomic E-state index is 0.241. The lowest BCUT2D eigenvalue weighted by molar-refractivity contribution is -0.147. The zero-order valence-corrected chi connectivity index (χ0v) is 9.38. The van der Waals surface area contributed by atoms with Crippen molar-refractivity contribution in [3.63, 3.8) is 0 Å². The highest BCUT2D eigenvalue weighted by atomic mass is 16.5. The predicted octanol–water partition coefficient (Wildman–Crippen LogP) is 0.314. The number of aliphatic hydroxyl groups is 1. The molecule has 0 aliphatic rings. The second-order valence-corrected chi connectivity index (χ2v) is 3.45. The lowest BCUT2D eigenvalue weighted by Gasteiger charge is -2.18. The summed E-state index contributed by atoms with van der Waals surface area (Å²) in [5, 5.41) is 9.90. The molecule has 1 heterocycles. The van der Waals surface area contributed by atoms with Gasteiger partial charge in [0, 0.05) is 18.0 Å². The van der Waals surface area contributed by atoms with Gasteiger partial charge < -0.3 is 15.6 Å². The first-order valence-corrected chi connectivity index (χ1v) is 5.08. The SMILES string of the molecule is CCOC(=O)[C@H](N)[C@@H](O)c1cnccc1C. The first-order valence-electron chi connectivity index (χ1n) is 5.08. The van der Waals surface area contributed by atoms with Crippen LogP contribution in [-0.4, -0.2) is 28.7 Å². The molecule has 2 atom stereocenters. The average molecular weight is 224 g/mol. The Balaban J connectivity index is 2.82. The summed E-state index contributed by atoms with van der Waals surface area (Å²) in [6, 6.07) is 0.666. The van der Waals surface area contributed by atoms with E-state index in [4.69, 9.17) is 10.5 Å². The number of nitrogens with zero attached hydrogens (tertiary/aromatic N) is 1. The van der Waals surface area contributed by atoms with Gasteiger partial charge in [-0.25, -0.2) is 0 Å². The number of rotatable bonds is 4. The predicted molar refractivity (Wildman–Crippen MR) is 58.5 cm³/mol. The Kier molecular flexibility index (Phi) is 4.39. The van der Waals surface area contributed by atoms with Gasteiger partial charge in [-0.15, -0.1) is 0 Å². The molecule has 88 valence electrons. The van der Waals surface area contributed by atoms with Gasteiger partial charge in [-0.1, -0.05) is 0 Å². The van der Waals surface area contributed by atoms with E-state index in [1.807, 2.05) is 6.92 Å². The number of hydrogen-bond acceptors (Lipinski definition) is 5. The fourth-order valence-corrected chi connectivity index (χ4v) is 1.35. The molecule has 5 nitrogen and oxygen atoms in total. The molecular weight excluding hydrogens is 208 g/mol. The molecule has 1 aromatic rings. The van der Waals surface area contributed by atoms with Gasteiger partial charge in [0.15, 0.2) is 0 Å². The minimum atomic E-state index is -1.09. The van der Waals surface area contributed by atoms with Crippen molar-refractivity contribution >= 4 is 5.97 Å². The number of carbonyl (C=O) groups excluding carboxylic acids is 1. The summed E-state index contributed by atoms with van der Waals surface area (Å²) in [5.74, 6) is -0.613. The third-order valence-electron chi connectivity index (χ3n) is 2.30. The van der Waals surface area contributed by atoms with E-state index in [0.29, 0.717) is 5.56 Å². The van der Waals surface area contributed by atoms with Crippen molar-refractivity contribution in [3.05, 3.63) is 29.6 Å². The molecule has 1 rings (SSSR count). The highest BCUT2D eigenvalue weighted by Crippen LogP contribution is 2.19. The summed E-state index contributed by atoms with van der Waals surface area (Å²) in [7, 11) is 0. The highest BCUT2D eigenvalue weighted by Gasteiger charge is 2.26. The van der Waals surface area contributed by atoms with Crippen LogP contribution in [0.1, 0.15) is 24.2 Å². The zero-order valence-electron chi connectivity index (χ0n) is 9.38. The number of ether oxygens (including phenoxy) is 1. The van der Waals surface area contributed by atoms with Crippen LogP contribution in [0, 0.1) is 6.92 Å². The van der Waals surface area contributed by atoms with Crippen LogP contribution in [0.25, 0.3) is 0 Å². The maximum absolute atomic E-state index is 11.3. The van der Waals surface area contributed by atoms with Crippen molar-refractivity contribution in [2.45, 2.75) is 26.0 Å². The third kappa shape index (κ3) is 2.77. The quantitative estimate of drug-likeness (QED) is 0.719. The van der Waals surface area contributed by atoms with Crippen LogP contribution in [0.5, 0.6) is 0 Å². The second kappa shape index (κ2) is 5.58. The first-order chi connectivity index (χ1) is 7.57. The standard InChI is InChI=1S/C11H16N2O3/c1-3-16-11(15)9(12)10(14)8-6-13-5-4-7(8)2/h4-6,9-10,14H,3,12H2,1-2H3/t9-,10+/m1/s1. The van der Waals surface area contributed by atoms with Crippen LogP contribution in [0.2, 0.25) is 0 Å². The fraction of sp³-hybridized carbons (Fsp3) is 0.455. The van der Waals surface area contributed by atoms with Crippen LogP contribution in [0.15, 0.2) is 18.5 Å². The Morgan fingerprint density at radius 2 is 2.38 bits per heavy atom. The number of aliphatic hydroxyl groups excluding tert-OH is 1. The smallest absolute Gasteiger partial charge is 0.325 e. The molecule has 0 radical (unpaired) electrons. The maximum Gasteiger partial charge on any atom is 0.325 e. The summed E-state index contributed by atoms with van der Waals surface area (Å²) in [6.07, 6.45) is 2.02. The number of aryl methyl sites for hydroxylation is 1. The van der Waals surface area contributed by atoms with Gasteiger partial charge in [-0.2, -0.15) is 0 Å². The van der Waals surface area contributed by atoms with E-state index in [1.165, 1.54) is 6.20 Å². The van der Waals surface area contributed by atoms with Crippen LogP contribution < -0.4 is 5.73 Å². The summed E-state index contributed by atoms with van der Waals surface area (Å²) in [4.78, 5) is 15.2. The van der Waals surface area contributed by atoms with Crippen LogP contribution >= 0.6 is 0 Å². The minimum Gasteiger partial charge on any atom is -0.465 e. The Morgan fingerprint density at radius 3 is 2.94 bits per heavy atom. The zero-order chi connectivity index (χ0) is 12.1. The summed E-state index contributed by atoms with van der Waals surface area (Å²) < 4.78 is 4.74. The van der Waals surface area contributed by atoms with E-state index in [1.54, 1.807) is 19.2 Å². The van der Waals surface area contributed by atoms with E-state index < -0.39 is 18.1 Å². The molecule has 0 unspecified atom stereocenters. The van der Waals surface area contributed by atoms with E-state index in [2.05, 4.69) is 4.98 Å². The molecule has 1 aromatic heterocycles. The van der Waals surface area contributed by atoms with Crippen LogP contribution in [0.4, 0.5) is 0 Å². The normalized spacial score (nSPS) is 14.2. The van der Waals surface area contributed by atoms with Crippen molar-refractivity contribution in [1.82, 2.24) is 4.98 Å². The Labute approximate surface area is 94.2 Å². The van der Waals surface area contributed by atoms with Gasteiger partial charge in [0.1, 0.15) is 12.1 Å². The van der Waals surface area contributed by atoms with Crippen molar-refractivity contribution < 1.29 is 14.6 Å². The van der Waals surface area contributed by atoms with E-state index in [9.17, 15) is 9.90 Å². The topological polar surface area (TPSA) is 85.4 Å². The molecular formula is C11H16N2O3. The molecule has 16 heavy (non-hydrogen) atoms. The molecule has 3 N–H and O–H groups in total. The second-order valence-electron chi connectivity index (χ2n) is 3.45. The van der Waals surface area contributed by atoms with E-state index in [0.717, 1.165) is 5.56 Å². The third-order valence-corrected chi connectivity index (χ3v) is 2.30. The molecule has 0 aromatic carbocycles. The van der Waals surface area contributed by atoms with Crippen molar-refractivity contribution in [2.75, 3.05) is 6.61 Å². The van der Waals surface area contributed by atoms with Gasteiger partial charge in [-0.3, -0.25) is 9.78 Å². The van der Waals surface area contributed by atoms with Crippen LogP contribution in [-0.2, 0) is 9.53 Å². The van der Waals surface area contributed by atoms with Crippen molar-refractivity contribution in [3.8, 4) is 0 Å². The summed E-state index contributed by atoms with van der Waals surface area (Å²) >= 11 is 0. The molecule has 0 saturated heterocycles. The molecule has 0 aliphatic heterocycles. The molecule has 0 fully saturated rings. The molecule has 0 saturated carbocycles. The van der Waals surface area contributed by atoms with Gasteiger partial charge in [0.25, 0.3) is 0 Å². The summed E-state index contributed by atoms with van der Waals surface area (Å²) in [6.45, 7) is 3.75. The number of hydrogen-bond donors (Lipinski definition) is 2. The van der Waals surface area contributed by atoms with Crippen molar-refractivity contribution in [2.24, 2.45) is 5.73 Å². The Bertz CT molecular complexity index is 368. The average Bonchev–Trinajstić information content (AvgIpc) is 2.28. The van der Waals surface area contributed by atoms with Crippen LogP contribution in [0.3, 0.4) is 0 Å². The van der Waals surface area contributed by atoms with Gasteiger partial charge in [-0.05, 0) is 25.5 Å². The lowest BCUT2D eigenvalue weighted by atomic mass is 10.0. The summed E-state index contributed by atoms with van der Waals surface area (Å²) in [5.41, 5.74) is 6.98. The Hall–Kier alpha value is -1.46. The van der Waals surface area contributed by atoms with E-state index in [-0.39, 0.29) is 6.61 Å². The fourth-order valence-electron chi connectivity index (χ4n) is 1.35. The molecule has 0 aliphatic carbocycles. The molecule has 0 bridgehead atoms. The van der Waals surface area contributed by atoms with E-state index >= 15 is 0 Å². The lowest BCUT2D eigenvalue weighted by Crippen LogP contribution is -2.38. The van der Waals surface area contributed by atoms with Gasteiger partial charge >= 0.3 is 5.97 Å². The van der Waals surface area contributed by atoms with Gasteiger partial charge in [0.05, 0.1) is 6.61 Å². The number of pyridine rings is 1. The van der Waals surface area contributed by atoms with Crippen molar-refractivity contribution in [1.29, 1.82) is 0 Å². The number of carbonyl (C=O) groups is 1. The largest absolute Gasteiger partial charge is 0.465 e. The monoisotopic (exact) mass is 224 g/mol. The number of esters is 1. The molecule has 0 spiro atoms. The number of nitrogens with two attached hydrogens (primary N) is 1. The molecule has 5 heteroatoms.